The lowest BCUT2D eigenvalue weighted by Crippen LogP contribution is -1.67. The molecule has 4 nitrogen and oxygen atoms in total. The molecule has 1 heterocycles. The zero-order chi connectivity index (χ0) is 5.11. The second-order valence-electron chi connectivity index (χ2n) is 1.12. The number of hydrogen-bond acceptors (Lipinski definition) is 4. The molecule has 0 bridgehead atoms. The van der Waals surface area contributed by atoms with E-state index in [2.05, 4.69) is 9.90 Å². The Morgan fingerprint density at radius 1 is 2.00 bits per heavy atom. The average Bonchev–Trinajstić information content (AvgIpc) is 2.42. The van der Waals surface area contributed by atoms with Gasteiger partial charge in [0.2, 0.25) is 0 Å². The topological polar surface area (TPSA) is 58.0 Å². The van der Waals surface area contributed by atoms with Crippen molar-refractivity contribution in [2.75, 3.05) is 6.61 Å². The Kier molecular flexibility index (Phi) is 1.54. The van der Waals surface area contributed by atoms with Gasteiger partial charge in [-0.15, -0.1) is 0 Å². The maximum atomic E-state index is 6.18. The predicted octanol–water partition coefficient (Wildman–Crippen LogP) is 0.899. The average molecular weight is 120 g/mol. The van der Waals surface area contributed by atoms with Crippen molar-refractivity contribution in [2.24, 2.45) is 5.28 Å². The third-order valence-corrected chi connectivity index (χ3v) is 1.36. The number of nitrogens with zero attached hydrogens (tertiary/aromatic N) is 1. The van der Waals surface area contributed by atoms with Crippen molar-refractivity contribution in [2.45, 2.75) is 5.85 Å². The molecule has 2 unspecified atom stereocenters. The molecule has 0 amide bonds. The Bertz CT molecular complexity index is 74.1. The molecule has 2 atom stereocenters. The highest BCUT2D eigenvalue weighted by Gasteiger charge is 2.23. The molecule has 0 saturated carbocycles. The van der Waals surface area contributed by atoms with Crippen LogP contribution in [0.1, 0.15) is 0 Å². The summed E-state index contributed by atoms with van der Waals surface area (Å²) in [6.07, 6.45) is 0. The highest BCUT2D eigenvalue weighted by molar-refractivity contribution is 7.33. The first-order valence-electron chi connectivity index (χ1n) is 1.83. The molecule has 1 N–H and O–H groups in total. The zero-order valence-corrected chi connectivity index (χ0v) is 4.55. The molecule has 1 saturated heterocycles. The van der Waals surface area contributed by atoms with E-state index in [9.17, 15) is 0 Å². The Hall–Kier alpha value is -0.210. The van der Waals surface area contributed by atoms with Gasteiger partial charge in [0.25, 0.3) is 0 Å². The van der Waals surface area contributed by atoms with Gasteiger partial charge in [-0.2, -0.15) is 5.53 Å². The van der Waals surface area contributed by atoms with Gasteiger partial charge in [0, 0.05) is 5.28 Å². The van der Waals surface area contributed by atoms with Gasteiger partial charge in [0.05, 0.1) is 6.61 Å². The second-order valence-corrected chi connectivity index (χ2v) is 2.18. The summed E-state index contributed by atoms with van der Waals surface area (Å²) < 4.78 is 9.11. The van der Waals surface area contributed by atoms with Crippen LogP contribution in [0.15, 0.2) is 5.28 Å². The van der Waals surface area contributed by atoms with Crippen LogP contribution in [-0.4, -0.2) is 12.5 Å². The quantitative estimate of drug-likeness (QED) is 0.260. The minimum atomic E-state index is 0.223. The van der Waals surface area contributed by atoms with Crippen LogP contribution in [0.4, 0.5) is 0 Å². The molecule has 0 aromatic carbocycles. The van der Waals surface area contributed by atoms with Gasteiger partial charge in [0.15, 0.2) is 0 Å². The monoisotopic (exact) mass is 120 g/mol. The second kappa shape index (κ2) is 2.19. The van der Waals surface area contributed by atoms with E-state index in [4.69, 9.17) is 10.3 Å². The molecule has 1 fully saturated rings. The normalized spacial score (nSPS) is 28.3. The Morgan fingerprint density at radius 2 is 2.71 bits per heavy atom. The largest absolute Gasteiger partial charge is 0.365 e. The number of hydrogen-bond donors (Lipinski definition) is 1. The van der Waals surface area contributed by atoms with Gasteiger partial charge < -0.3 is 9.36 Å². The minimum absolute atomic E-state index is 0.223. The first-order chi connectivity index (χ1) is 3.43. The van der Waals surface area contributed by atoms with Gasteiger partial charge >= 0.3 is 0 Å². The van der Waals surface area contributed by atoms with Gasteiger partial charge in [0.1, 0.15) is 14.7 Å². The lowest BCUT2D eigenvalue weighted by Gasteiger charge is -1.85. The van der Waals surface area contributed by atoms with E-state index in [1.807, 2.05) is 0 Å². The first kappa shape index (κ1) is 4.94. The van der Waals surface area contributed by atoms with Gasteiger partial charge in [-0.05, 0) is 0 Å². The zero-order valence-electron chi connectivity index (χ0n) is 3.55. The molecule has 7 heavy (non-hydrogen) atoms. The molecule has 0 radical (unpaired) electrons. The van der Waals surface area contributed by atoms with Crippen LogP contribution in [0.25, 0.3) is 0 Å². The standard InChI is InChI=1S/C2H5N2O2P/c3-4-6-7-2-1-5-2/h2-3,7H,1H2. The summed E-state index contributed by atoms with van der Waals surface area (Å²) in [5, 5.41) is 2.70. The molecule has 40 valence electrons. The summed E-state index contributed by atoms with van der Waals surface area (Å²) in [6, 6.07) is 0. The van der Waals surface area contributed by atoms with E-state index >= 15 is 0 Å². The van der Waals surface area contributed by atoms with Crippen LogP contribution in [-0.2, 0) is 9.36 Å². The molecule has 0 aromatic rings. The SMILES string of the molecule is N=NOPC1CO1. The highest BCUT2D eigenvalue weighted by Crippen LogP contribution is 2.30. The smallest absolute Gasteiger partial charge is 0.141 e. The molecular weight excluding hydrogens is 115 g/mol. The van der Waals surface area contributed by atoms with Gasteiger partial charge in [-0.25, -0.2) is 0 Å². The van der Waals surface area contributed by atoms with Crippen LogP contribution in [0.5, 0.6) is 0 Å². The first-order valence-corrected chi connectivity index (χ1v) is 2.82. The van der Waals surface area contributed by atoms with Crippen LogP contribution >= 0.6 is 8.81 Å². The van der Waals surface area contributed by atoms with E-state index < -0.39 is 0 Å². The number of rotatable bonds is 3. The van der Waals surface area contributed by atoms with Crippen LogP contribution in [0, 0.1) is 5.53 Å². The van der Waals surface area contributed by atoms with Crippen molar-refractivity contribution in [3.05, 3.63) is 0 Å². The predicted molar refractivity (Wildman–Crippen MR) is 24.3 cm³/mol. The molecule has 0 aromatic heterocycles. The lowest BCUT2D eigenvalue weighted by atomic mass is 11.0. The fourth-order valence-corrected chi connectivity index (χ4v) is 0.604. The Balaban J connectivity index is 1.88. The van der Waals surface area contributed by atoms with E-state index in [0.29, 0.717) is 0 Å². The van der Waals surface area contributed by atoms with Crippen molar-refractivity contribution in [3.63, 3.8) is 0 Å². The molecule has 0 aliphatic carbocycles. The van der Waals surface area contributed by atoms with E-state index in [1.165, 1.54) is 0 Å². The summed E-state index contributed by atoms with van der Waals surface area (Å²) in [6.45, 7) is 0.772. The van der Waals surface area contributed by atoms with Gasteiger partial charge in [-0.3, -0.25) is 0 Å². The van der Waals surface area contributed by atoms with Crippen molar-refractivity contribution in [3.8, 4) is 0 Å². The third kappa shape index (κ3) is 1.80. The molecular formula is C2H5N2O2P. The number of ether oxygens (including phenoxy) is 1. The van der Waals surface area contributed by atoms with Crippen LogP contribution in [0.2, 0.25) is 0 Å². The van der Waals surface area contributed by atoms with Gasteiger partial charge in [-0.1, -0.05) is 0 Å². The summed E-state index contributed by atoms with van der Waals surface area (Å²) in [7, 11) is 0.223. The Morgan fingerprint density at radius 3 is 3.14 bits per heavy atom. The fourth-order valence-electron chi connectivity index (χ4n) is 0.201. The van der Waals surface area contributed by atoms with Crippen LogP contribution < -0.4 is 0 Å². The summed E-state index contributed by atoms with van der Waals surface area (Å²) >= 11 is 0. The van der Waals surface area contributed by atoms with Crippen molar-refractivity contribution < 1.29 is 9.36 Å². The molecule has 5 heteroatoms. The highest BCUT2D eigenvalue weighted by atomic mass is 31.1. The minimum Gasteiger partial charge on any atom is -0.365 e. The summed E-state index contributed by atoms with van der Waals surface area (Å²) in [5.41, 5.74) is 6.18. The lowest BCUT2D eigenvalue weighted by molar-refractivity contribution is 0.332. The molecule has 0 spiro atoms. The Labute approximate surface area is 42.5 Å². The summed E-state index contributed by atoms with van der Waals surface area (Å²) in [4.78, 5) is 0. The van der Waals surface area contributed by atoms with E-state index in [0.717, 1.165) is 6.61 Å². The maximum Gasteiger partial charge on any atom is 0.141 e. The maximum absolute atomic E-state index is 6.18. The molecule has 1 aliphatic rings. The van der Waals surface area contributed by atoms with Crippen molar-refractivity contribution in [1.29, 1.82) is 5.53 Å². The fraction of sp³-hybridized carbons (Fsp3) is 1.00. The third-order valence-electron chi connectivity index (χ3n) is 0.563. The van der Waals surface area contributed by atoms with E-state index in [1.54, 1.807) is 0 Å². The van der Waals surface area contributed by atoms with Crippen molar-refractivity contribution >= 4 is 8.81 Å². The number of epoxide rings is 1. The molecule has 1 aliphatic heterocycles. The van der Waals surface area contributed by atoms with Crippen molar-refractivity contribution in [1.82, 2.24) is 0 Å². The molecule has 1 rings (SSSR count). The summed E-state index contributed by atoms with van der Waals surface area (Å²) in [5.74, 6) is 0.245. The van der Waals surface area contributed by atoms with E-state index in [-0.39, 0.29) is 14.7 Å². The number of nitrogens with one attached hydrogen (secondary N) is 1. The van der Waals surface area contributed by atoms with Crippen LogP contribution in [0.3, 0.4) is 0 Å².